The highest BCUT2D eigenvalue weighted by molar-refractivity contribution is 8.00. The van der Waals surface area contributed by atoms with E-state index >= 15 is 0 Å². The zero-order valence-electron chi connectivity index (χ0n) is 9.85. The lowest BCUT2D eigenvalue weighted by atomic mass is 10.2. The molecule has 0 spiro atoms. The van der Waals surface area contributed by atoms with Crippen molar-refractivity contribution in [2.45, 2.75) is 13.8 Å². The highest BCUT2D eigenvalue weighted by atomic mass is 35.7. The molecule has 0 aliphatic heterocycles. The predicted molar refractivity (Wildman–Crippen MR) is 75.1 cm³/mol. The van der Waals surface area contributed by atoms with Gasteiger partial charge in [-0.15, -0.1) is 0 Å². The molecule has 0 aliphatic rings. The second-order valence-corrected chi connectivity index (χ2v) is 7.56. The van der Waals surface area contributed by atoms with Crippen LogP contribution >= 0.6 is 17.7 Å². The Bertz CT molecular complexity index is 543. The van der Waals surface area contributed by atoms with Gasteiger partial charge >= 0.3 is 0 Å². The molecule has 0 aromatic heterocycles. The lowest BCUT2D eigenvalue weighted by Gasteiger charge is -2.15. The molecule has 0 fully saturated rings. The van der Waals surface area contributed by atoms with Crippen LogP contribution in [0.15, 0.2) is 48.5 Å². The van der Waals surface area contributed by atoms with Gasteiger partial charge in [-0.25, -0.2) is 0 Å². The van der Waals surface area contributed by atoms with Crippen molar-refractivity contribution >= 4 is 28.3 Å². The van der Waals surface area contributed by atoms with Gasteiger partial charge < -0.3 is 0 Å². The molecule has 2 rings (SSSR count). The van der Waals surface area contributed by atoms with Gasteiger partial charge in [-0.1, -0.05) is 36.4 Å². The number of halogens is 1. The fourth-order valence-corrected chi connectivity index (χ4v) is 4.91. The average Bonchev–Trinajstić information content (AvgIpc) is 2.29. The maximum Gasteiger partial charge on any atom is 0.226 e. The van der Waals surface area contributed by atoms with Gasteiger partial charge in [0, 0.05) is 10.6 Å². The first-order valence-corrected chi connectivity index (χ1v) is 8.07. The van der Waals surface area contributed by atoms with E-state index in [9.17, 15) is 4.57 Å². The molecular formula is C14H14ClOP. The summed E-state index contributed by atoms with van der Waals surface area (Å²) >= 11 is 6.35. The highest BCUT2D eigenvalue weighted by Gasteiger charge is 2.26. The monoisotopic (exact) mass is 264 g/mol. The largest absolute Gasteiger partial charge is 0.296 e. The lowest BCUT2D eigenvalue weighted by Crippen LogP contribution is -2.16. The molecule has 88 valence electrons. The molecule has 0 bridgehead atoms. The van der Waals surface area contributed by atoms with Crippen LogP contribution in [-0.2, 0) is 4.57 Å². The number of aryl methyl sites for hydroxylation is 2. The molecule has 0 atom stereocenters. The Morgan fingerprint density at radius 3 is 1.53 bits per heavy atom. The lowest BCUT2D eigenvalue weighted by molar-refractivity contribution is 0.595. The van der Waals surface area contributed by atoms with Crippen molar-refractivity contribution < 1.29 is 4.57 Å². The Morgan fingerprint density at radius 1 is 0.824 bits per heavy atom. The SMILES string of the molecule is Cc1ccccc1P(=O)(Cl)c1ccccc1C. The molecule has 2 aromatic carbocycles. The maximum atomic E-state index is 12.8. The van der Waals surface area contributed by atoms with Crippen LogP contribution in [0.2, 0.25) is 0 Å². The number of hydrogen-bond acceptors (Lipinski definition) is 1. The van der Waals surface area contributed by atoms with Crippen LogP contribution in [0.5, 0.6) is 0 Å². The van der Waals surface area contributed by atoms with E-state index in [1.807, 2.05) is 62.4 Å². The fraction of sp³-hybridized carbons (Fsp3) is 0.143. The van der Waals surface area contributed by atoms with Gasteiger partial charge in [-0.2, -0.15) is 0 Å². The van der Waals surface area contributed by atoms with E-state index in [0.29, 0.717) is 0 Å². The summed E-state index contributed by atoms with van der Waals surface area (Å²) in [4.78, 5) is 0. The molecule has 3 heteroatoms. The van der Waals surface area contributed by atoms with Crippen molar-refractivity contribution in [3.63, 3.8) is 0 Å². The molecule has 0 aliphatic carbocycles. The molecule has 0 unspecified atom stereocenters. The van der Waals surface area contributed by atoms with E-state index in [-0.39, 0.29) is 0 Å². The van der Waals surface area contributed by atoms with Gasteiger partial charge in [0.2, 0.25) is 6.49 Å². The Hall–Kier alpha value is -1.04. The Morgan fingerprint density at radius 2 is 1.18 bits per heavy atom. The van der Waals surface area contributed by atoms with E-state index in [1.54, 1.807) is 0 Å². The van der Waals surface area contributed by atoms with Crippen molar-refractivity contribution in [1.82, 2.24) is 0 Å². The van der Waals surface area contributed by atoms with Gasteiger partial charge in [0.25, 0.3) is 0 Å². The zero-order valence-corrected chi connectivity index (χ0v) is 11.5. The molecule has 0 N–H and O–H groups in total. The van der Waals surface area contributed by atoms with Crippen LogP contribution in [0.25, 0.3) is 0 Å². The second-order valence-electron chi connectivity index (χ2n) is 4.11. The van der Waals surface area contributed by atoms with Crippen molar-refractivity contribution in [3.05, 3.63) is 59.7 Å². The third-order valence-electron chi connectivity index (χ3n) is 2.85. The second kappa shape index (κ2) is 4.68. The van der Waals surface area contributed by atoms with Crippen molar-refractivity contribution in [2.24, 2.45) is 0 Å². The summed E-state index contributed by atoms with van der Waals surface area (Å²) in [5, 5.41) is 1.46. The van der Waals surface area contributed by atoms with Crippen molar-refractivity contribution in [3.8, 4) is 0 Å². The standard InChI is InChI=1S/C14H14ClOP/c1-11-7-3-5-9-13(11)17(15,16)14-10-6-4-8-12(14)2/h3-10H,1-2H3. The van der Waals surface area contributed by atoms with Crippen LogP contribution < -0.4 is 10.6 Å². The summed E-state index contributed by atoms with van der Waals surface area (Å²) in [5.41, 5.74) is 1.93. The summed E-state index contributed by atoms with van der Waals surface area (Å²) in [5.74, 6) is 0. The van der Waals surface area contributed by atoms with E-state index in [0.717, 1.165) is 21.7 Å². The molecule has 1 nitrogen and oxygen atoms in total. The van der Waals surface area contributed by atoms with E-state index in [4.69, 9.17) is 11.2 Å². The topological polar surface area (TPSA) is 17.1 Å². The molecule has 0 saturated carbocycles. The number of hydrogen-bond donors (Lipinski definition) is 0. The van der Waals surface area contributed by atoms with Gasteiger partial charge in [-0.3, -0.25) is 4.57 Å². The van der Waals surface area contributed by atoms with E-state index < -0.39 is 6.49 Å². The Balaban J connectivity index is 2.63. The minimum atomic E-state index is -3.00. The average molecular weight is 265 g/mol. The summed E-state index contributed by atoms with van der Waals surface area (Å²) in [6, 6.07) is 15.1. The highest BCUT2D eigenvalue weighted by Crippen LogP contribution is 2.50. The number of rotatable bonds is 2. The molecule has 0 radical (unpaired) electrons. The van der Waals surface area contributed by atoms with Crippen LogP contribution in [0, 0.1) is 13.8 Å². The predicted octanol–water partition coefficient (Wildman–Crippen LogP) is 3.77. The van der Waals surface area contributed by atoms with E-state index in [2.05, 4.69) is 0 Å². The van der Waals surface area contributed by atoms with E-state index in [1.165, 1.54) is 0 Å². The van der Waals surface area contributed by atoms with Gasteiger partial charge in [-0.05, 0) is 48.3 Å². The van der Waals surface area contributed by atoms with Crippen molar-refractivity contribution in [2.75, 3.05) is 0 Å². The van der Waals surface area contributed by atoms with Crippen LogP contribution in [0.4, 0.5) is 0 Å². The normalized spacial score (nSPS) is 11.5. The molecule has 0 saturated heterocycles. The summed E-state index contributed by atoms with van der Waals surface area (Å²) in [7, 11) is 0. The van der Waals surface area contributed by atoms with Crippen LogP contribution in [0.3, 0.4) is 0 Å². The van der Waals surface area contributed by atoms with Crippen LogP contribution in [-0.4, -0.2) is 0 Å². The Labute approximate surface area is 107 Å². The molecule has 2 aromatic rings. The molecule has 17 heavy (non-hydrogen) atoms. The first-order valence-electron chi connectivity index (χ1n) is 5.45. The first kappa shape index (κ1) is 12.4. The quantitative estimate of drug-likeness (QED) is 0.755. The van der Waals surface area contributed by atoms with Crippen molar-refractivity contribution in [1.29, 1.82) is 0 Å². The summed E-state index contributed by atoms with van der Waals surface area (Å²) in [6.07, 6.45) is 0. The molecule has 0 heterocycles. The minimum Gasteiger partial charge on any atom is -0.296 e. The molecular weight excluding hydrogens is 251 g/mol. The minimum absolute atomic E-state index is 0.732. The van der Waals surface area contributed by atoms with Crippen LogP contribution in [0.1, 0.15) is 11.1 Å². The maximum absolute atomic E-state index is 12.8. The third kappa shape index (κ3) is 2.31. The van der Waals surface area contributed by atoms with Gasteiger partial charge in [0.15, 0.2) is 0 Å². The Kier molecular flexibility index (Phi) is 3.42. The first-order chi connectivity index (χ1) is 8.03. The fourth-order valence-electron chi connectivity index (χ4n) is 1.90. The van der Waals surface area contributed by atoms with Gasteiger partial charge in [0.1, 0.15) is 0 Å². The summed E-state index contributed by atoms with van der Waals surface area (Å²) < 4.78 is 12.8. The number of benzene rings is 2. The smallest absolute Gasteiger partial charge is 0.226 e. The van der Waals surface area contributed by atoms with Gasteiger partial charge in [0.05, 0.1) is 0 Å². The zero-order chi connectivity index (χ0) is 12.5. The summed E-state index contributed by atoms with van der Waals surface area (Å²) in [6.45, 7) is 0.866. The third-order valence-corrected chi connectivity index (χ3v) is 6.19. The molecule has 0 amide bonds.